The molecule has 0 spiro atoms. The quantitative estimate of drug-likeness (QED) is 0.497. The van der Waals surface area contributed by atoms with Crippen LogP contribution in [0.5, 0.6) is 5.75 Å². The highest BCUT2D eigenvalue weighted by atomic mass is 79.9. The van der Waals surface area contributed by atoms with Gasteiger partial charge in [0.25, 0.3) is 0 Å². The van der Waals surface area contributed by atoms with Gasteiger partial charge in [0.05, 0.1) is 15.1 Å². The van der Waals surface area contributed by atoms with Crippen molar-refractivity contribution in [2.24, 2.45) is 0 Å². The van der Waals surface area contributed by atoms with Crippen molar-refractivity contribution in [2.45, 2.75) is 19.8 Å². The van der Waals surface area contributed by atoms with E-state index in [2.05, 4.69) is 20.9 Å². The molecule has 0 aromatic carbocycles. The lowest BCUT2D eigenvalue weighted by atomic mass is 10.2. The third-order valence-corrected chi connectivity index (χ3v) is 4.53. The minimum absolute atomic E-state index is 0.140. The Morgan fingerprint density at radius 1 is 1.63 bits per heavy atom. The van der Waals surface area contributed by atoms with Crippen LogP contribution in [0.2, 0.25) is 5.15 Å². The Morgan fingerprint density at radius 3 is 3.05 bits per heavy atom. The molecule has 0 saturated heterocycles. The van der Waals surface area contributed by atoms with E-state index < -0.39 is 5.97 Å². The first-order chi connectivity index (χ1) is 9.04. The largest absolute Gasteiger partial charge is 0.505 e. The van der Waals surface area contributed by atoms with Crippen LogP contribution in [0, 0.1) is 0 Å². The number of aromatic nitrogens is 1. The highest BCUT2D eigenvalue weighted by Gasteiger charge is 2.21. The van der Waals surface area contributed by atoms with Crippen molar-refractivity contribution in [2.75, 3.05) is 6.61 Å². The molecule has 0 atom stereocenters. The lowest BCUT2D eigenvalue weighted by Crippen LogP contribution is -2.09. The number of rotatable bonds is 4. The molecular formula is C12H11BrClNO3S. The van der Waals surface area contributed by atoms with Crippen molar-refractivity contribution in [3.05, 3.63) is 20.7 Å². The summed E-state index contributed by atoms with van der Waals surface area (Å²) < 4.78 is 6.47. The summed E-state index contributed by atoms with van der Waals surface area (Å²) in [5, 5.41) is 10.8. The van der Waals surface area contributed by atoms with Crippen LogP contribution in [-0.2, 0) is 4.74 Å². The van der Waals surface area contributed by atoms with Gasteiger partial charge in [-0.05, 0) is 28.4 Å². The summed E-state index contributed by atoms with van der Waals surface area (Å²) in [6, 6.07) is 1.70. The fourth-order valence-corrected chi connectivity index (χ4v) is 3.32. The number of fused-ring (bicyclic) bond motifs is 1. The van der Waals surface area contributed by atoms with E-state index in [1.807, 2.05) is 6.92 Å². The number of aromatic hydroxyl groups is 1. The molecule has 2 aromatic rings. The normalized spacial score (nSPS) is 10.9. The van der Waals surface area contributed by atoms with Gasteiger partial charge in [0.2, 0.25) is 0 Å². The van der Waals surface area contributed by atoms with E-state index in [0.717, 1.165) is 16.6 Å². The van der Waals surface area contributed by atoms with Gasteiger partial charge >= 0.3 is 5.97 Å². The zero-order chi connectivity index (χ0) is 14.0. The van der Waals surface area contributed by atoms with Crippen LogP contribution < -0.4 is 0 Å². The minimum Gasteiger partial charge on any atom is -0.505 e. The Hall–Kier alpha value is -0.850. The van der Waals surface area contributed by atoms with Crippen molar-refractivity contribution in [1.82, 2.24) is 4.98 Å². The summed E-state index contributed by atoms with van der Waals surface area (Å²) in [7, 11) is 0. The number of unbranched alkanes of at least 4 members (excludes halogenated alkanes) is 1. The SMILES string of the molecule is CCCCOC(=O)c1nc(Cl)c2sc(Br)cc2c1O. The molecular weight excluding hydrogens is 354 g/mol. The molecule has 19 heavy (non-hydrogen) atoms. The summed E-state index contributed by atoms with van der Waals surface area (Å²) >= 11 is 10.7. The minimum atomic E-state index is -0.655. The Morgan fingerprint density at radius 2 is 2.37 bits per heavy atom. The number of esters is 1. The zero-order valence-electron chi connectivity index (χ0n) is 10.1. The first-order valence-electron chi connectivity index (χ1n) is 5.69. The predicted octanol–water partition coefficient (Wildman–Crippen LogP) is 4.37. The molecule has 0 radical (unpaired) electrons. The smallest absolute Gasteiger partial charge is 0.360 e. The number of carbonyl (C=O) groups excluding carboxylic acids is 1. The van der Waals surface area contributed by atoms with Gasteiger partial charge in [0.15, 0.2) is 11.4 Å². The summed E-state index contributed by atoms with van der Waals surface area (Å²) in [5.74, 6) is -0.847. The molecule has 0 saturated carbocycles. The van der Waals surface area contributed by atoms with Gasteiger partial charge in [-0.1, -0.05) is 24.9 Å². The highest BCUT2D eigenvalue weighted by Crippen LogP contribution is 2.40. The second kappa shape index (κ2) is 6.07. The lowest BCUT2D eigenvalue weighted by molar-refractivity contribution is 0.0489. The zero-order valence-corrected chi connectivity index (χ0v) is 13.2. The van der Waals surface area contributed by atoms with Crippen LogP contribution in [0.1, 0.15) is 30.3 Å². The molecule has 1 N–H and O–H groups in total. The number of pyridine rings is 1. The molecule has 0 unspecified atom stereocenters. The Balaban J connectivity index is 2.38. The Bertz CT molecular complexity index is 629. The van der Waals surface area contributed by atoms with E-state index >= 15 is 0 Å². The van der Waals surface area contributed by atoms with Gasteiger partial charge in [-0.15, -0.1) is 11.3 Å². The second-order valence-corrected chi connectivity index (χ2v) is 6.67. The number of ether oxygens (including phenoxy) is 1. The van der Waals surface area contributed by atoms with Gasteiger partial charge in [-0.3, -0.25) is 0 Å². The molecule has 0 fully saturated rings. The van der Waals surface area contributed by atoms with Crippen LogP contribution in [-0.4, -0.2) is 22.7 Å². The molecule has 0 aliphatic heterocycles. The first kappa shape index (κ1) is 14.6. The fourth-order valence-electron chi connectivity index (χ4n) is 1.54. The third kappa shape index (κ3) is 3.01. The van der Waals surface area contributed by atoms with Gasteiger partial charge < -0.3 is 9.84 Å². The second-order valence-electron chi connectivity index (χ2n) is 3.88. The van der Waals surface area contributed by atoms with Crippen molar-refractivity contribution < 1.29 is 14.6 Å². The number of hydrogen-bond acceptors (Lipinski definition) is 5. The highest BCUT2D eigenvalue weighted by molar-refractivity contribution is 9.11. The van der Waals surface area contributed by atoms with Crippen LogP contribution >= 0.6 is 38.9 Å². The van der Waals surface area contributed by atoms with Crippen molar-refractivity contribution in [1.29, 1.82) is 0 Å². The monoisotopic (exact) mass is 363 g/mol. The molecule has 0 aliphatic carbocycles. The summed E-state index contributed by atoms with van der Waals surface area (Å²) in [4.78, 5) is 15.8. The molecule has 4 nitrogen and oxygen atoms in total. The number of nitrogens with zero attached hydrogens (tertiary/aromatic N) is 1. The Kier molecular flexibility index (Phi) is 4.65. The van der Waals surface area contributed by atoms with E-state index in [0.29, 0.717) is 16.7 Å². The van der Waals surface area contributed by atoms with Crippen LogP contribution in [0.3, 0.4) is 0 Å². The van der Waals surface area contributed by atoms with Crippen LogP contribution in [0.15, 0.2) is 9.85 Å². The van der Waals surface area contributed by atoms with Gasteiger partial charge in [0.1, 0.15) is 5.15 Å². The van der Waals surface area contributed by atoms with Gasteiger partial charge in [-0.25, -0.2) is 9.78 Å². The van der Waals surface area contributed by atoms with E-state index in [-0.39, 0.29) is 16.6 Å². The molecule has 2 rings (SSSR count). The van der Waals surface area contributed by atoms with Crippen molar-refractivity contribution >= 4 is 54.9 Å². The molecule has 0 bridgehead atoms. The van der Waals surface area contributed by atoms with Gasteiger partial charge in [0, 0.05) is 5.39 Å². The average Bonchev–Trinajstić information content (AvgIpc) is 2.76. The number of halogens is 2. The standard InChI is InChI=1S/C12H11BrClNO3S/c1-2-3-4-18-12(17)8-9(16)6-5-7(13)19-10(6)11(14)15-8/h5,16H,2-4H2,1H3. The molecule has 7 heteroatoms. The topological polar surface area (TPSA) is 59.4 Å². The maximum atomic E-state index is 11.8. The average molecular weight is 365 g/mol. The number of hydrogen-bond donors (Lipinski definition) is 1. The number of carbonyl (C=O) groups is 1. The number of thiophene rings is 1. The predicted molar refractivity (Wildman–Crippen MR) is 79.2 cm³/mol. The summed E-state index contributed by atoms with van der Waals surface area (Å²) in [6.45, 7) is 2.30. The lowest BCUT2D eigenvalue weighted by Gasteiger charge is -2.06. The first-order valence-corrected chi connectivity index (χ1v) is 7.68. The van der Waals surface area contributed by atoms with Crippen molar-refractivity contribution in [3.63, 3.8) is 0 Å². The fraction of sp³-hybridized carbons (Fsp3) is 0.333. The summed E-state index contributed by atoms with van der Waals surface area (Å²) in [5.41, 5.74) is -0.140. The van der Waals surface area contributed by atoms with Crippen LogP contribution in [0.4, 0.5) is 0 Å². The van der Waals surface area contributed by atoms with E-state index in [1.54, 1.807) is 6.07 Å². The molecule has 102 valence electrons. The third-order valence-electron chi connectivity index (χ3n) is 2.50. The van der Waals surface area contributed by atoms with Gasteiger partial charge in [-0.2, -0.15) is 0 Å². The molecule has 2 heterocycles. The maximum absolute atomic E-state index is 11.8. The van der Waals surface area contributed by atoms with Crippen molar-refractivity contribution in [3.8, 4) is 5.75 Å². The van der Waals surface area contributed by atoms with E-state index in [9.17, 15) is 9.90 Å². The van der Waals surface area contributed by atoms with E-state index in [1.165, 1.54) is 11.3 Å². The summed E-state index contributed by atoms with van der Waals surface area (Å²) in [6.07, 6.45) is 1.69. The molecule has 0 amide bonds. The van der Waals surface area contributed by atoms with E-state index in [4.69, 9.17) is 16.3 Å². The van der Waals surface area contributed by atoms with Crippen LogP contribution in [0.25, 0.3) is 10.1 Å². The maximum Gasteiger partial charge on any atom is 0.360 e. The molecule has 0 aliphatic rings. The Labute approximate surface area is 127 Å². The molecule has 2 aromatic heterocycles.